The maximum Gasteiger partial charge on any atom is 0.134 e. The molecular weight excluding hydrogens is 323 g/mol. The summed E-state index contributed by atoms with van der Waals surface area (Å²) in [6, 6.07) is 8.46. The maximum atomic E-state index is 14.4. The lowest BCUT2D eigenvalue weighted by atomic mass is 9.98. The average molecular weight is 334 g/mol. The molecule has 0 nitrogen and oxygen atoms in total. The molecule has 5 heteroatoms. The monoisotopic (exact) mass is 334 g/mol. The molecule has 3 aromatic carbocycles. The minimum atomic E-state index is -0.961. The van der Waals surface area contributed by atoms with Gasteiger partial charge >= 0.3 is 0 Å². The van der Waals surface area contributed by atoms with E-state index in [0.29, 0.717) is 11.6 Å². The number of benzene rings is 3. The molecule has 0 fully saturated rings. The van der Waals surface area contributed by atoms with E-state index in [4.69, 9.17) is 0 Å². The van der Waals surface area contributed by atoms with Gasteiger partial charge < -0.3 is 0 Å². The molecule has 0 aliphatic rings. The number of hydrogen-bond acceptors (Lipinski definition) is 0. The van der Waals surface area contributed by atoms with Crippen LogP contribution in [0, 0.1) is 36.0 Å². The van der Waals surface area contributed by atoms with E-state index in [9.17, 15) is 22.0 Å². The number of rotatable bonds is 2. The van der Waals surface area contributed by atoms with Crippen LogP contribution in [0.2, 0.25) is 0 Å². The van der Waals surface area contributed by atoms with Crippen molar-refractivity contribution >= 4 is 0 Å². The normalized spacial score (nSPS) is 10.9. The fraction of sp³-hybridized carbons (Fsp3) is 0.0526. The molecular formula is C19H11F5. The third kappa shape index (κ3) is 2.89. The minimum absolute atomic E-state index is 0.0410. The van der Waals surface area contributed by atoms with Crippen LogP contribution in [0.3, 0.4) is 0 Å². The summed E-state index contributed by atoms with van der Waals surface area (Å²) in [4.78, 5) is 0. The van der Waals surface area contributed by atoms with Crippen molar-refractivity contribution < 1.29 is 22.0 Å². The smallest absolute Gasteiger partial charge is 0.134 e. The number of aryl methyl sites for hydroxylation is 1. The van der Waals surface area contributed by atoms with E-state index in [2.05, 4.69) is 0 Å². The molecule has 3 rings (SSSR count). The van der Waals surface area contributed by atoms with Crippen molar-refractivity contribution in [3.63, 3.8) is 0 Å². The highest BCUT2D eigenvalue weighted by Crippen LogP contribution is 2.32. The van der Waals surface area contributed by atoms with E-state index < -0.39 is 34.6 Å². The Morgan fingerprint density at radius 2 is 1.21 bits per heavy atom. The molecule has 0 spiro atoms. The van der Waals surface area contributed by atoms with Crippen LogP contribution in [0.5, 0.6) is 0 Å². The van der Waals surface area contributed by atoms with Gasteiger partial charge in [0.2, 0.25) is 0 Å². The second-order valence-corrected chi connectivity index (χ2v) is 5.40. The van der Waals surface area contributed by atoms with E-state index in [1.54, 1.807) is 0 Å². The molecule has 122 valence electrons. The van der Waals surface area contributed by atoms with E-state index in [1.165, 1.54) is 19.1 Å². The van der Waals surface area contributed by atoms with Gasteiger partial charge in [-0.25, -0.2) is 22.0 Å². The van der Waals surface area contributed by atoms with Crippen molar-refractivity contribution in [2.45, 2.75) is 6.92 Å². The minimum Gasteiger partial charge on any atom is -0.207 e. The summed E-state index contributed by atoms with van der Waals surface area (Å²) < 4.78 is 69.1. The molecule has 0 aliphatic carbocycles. The van der Waals surface area contributed by atoms with Crippen LogP contribution in [0.25, 0.3) is 22.3 Å². The lowest BCUT2D eigenvalue weighted by Gasteiger charge is -2.10. The topological polar surface area (TPSA) is 0 Å². The van der Waals surface area contributed by atoms with E-state index in [0.717, 1.165) is 30.3 Å². The first kappa shape index (κ1) is 16.2. The zero-order valence-corrected chi connectivity index (χ0v) is 12.5. The number of halogens is 5. The Labute approximate surface area is 135 Å². The van der Waals surface area contributed by atoms with Crippen molar-refractivity contribution in [3.05, 3.63) is 83.2 Å². The molecule has 0 amide bonds. The quantitative estimate of drug-likeness (QED) is 0.502. The van der Waals surface area contributed by atoms with Gasteiger partial charge in [-0.05, 0) is 53.9 Å². The Morgan fingerprint density at radius 3 is 1.79 bits per heavy atom. The zero-order valence-electron chi connectivity index (χ0n) is 12.5. The predicted octanol–water partition coefficient (Wildman–Crippen LogP) is 6.02. The Balaban J connectivity index is 2.13. The second-order valence-electron chi connectivity index (χ2n) is 5.40. The molecule has 0 saturated heterocycles. The van der Waals surface area contributed by atoms with E-state index in [1.807, 2.05) is 0 Å². The molecule has 0 aromatic heterocycles. The van der Waals surface area contributed by atoms with Gasteiger partial charge in [0.15, 0.2) is 0 Å². The standard InChI is InChI=1S/C19H11F5/c1-10-2-3-11(6-15(10)21)19-17(23)7-12(8-18(19)24)14-5-4-13(20)9-16(14)22/h2-9H,1H3. The highest BCUT2D eigenvalue weighted by Gasteiger charge is 2.17. The van der Waals surface area contributed by atoms with Crippen molar-refractivity contribution in [1.29, 1.82) is 0 Å². The third-order valence-electron chi connectivity index (χ3n) is 3.74. The van der Waals surface area contributed by atoms with Crippen molar-refractivity contribution in [2.75, 3.05) is 0 Å². The number of hydrogen-bond donors (Lipinski definition) is 0. The van der Waals surface area contributed by atoms with Gasteiger partial charge in [0.05, 0.1) is 5.56 Å². The molecule has 0 bridgehead atoms. The van der Waals surface area contributed by atoms with E-state index >= 15 is 0 Å². The van der Waals surface area contributed by atoms with Crippen LogP contribution >= 0.6 is 0 Å². The van der Waals surface area contributed by atoms with Crippen LogP contribution in [0.1, 0.15) is 5.56 Å². The van der Waals surface area contributed by atoms with Crippen LogP contribution in [-0.4, -0.2) is 0 Å². The van der Waals surface area contributed by atoms with Crippen molar-refractivity contribution in [2.24, 2.45) is 0 Å². The first-order valence-electron chi connectivity index (χ1n) is 7.08. The Morgan fingerprint density at radius 1 is 0.583 bits per heavy atom. The SMILES string of the molecule is Cc1ccc(-c2c(F)cc(-c3ccc(F)cc3F)cc2F)cc1F. The molecule has 0 unspecified atom stereocenters. The van der Waals surface area contributed by atoms with Gasteiger partial charge in [-0.3, -0.25) is 0 Å². The highest BCUT2D eigenvalue weighted by atomic mass is 19.1. The summed E-state index contributed by atoms with van der Waals surface area (Å²) >= 11 is 0. The predicted molar refractivity (Wildman–Crippen MR) is 81.8 cm³/mol. The van der Waals surface area contributed by atoms with Crippen molar-refractivity contribution in [1.82, 2.24) is 0 Å². The summed E-state index contributed by atoms with van der Waals surface area (Å²) in [5.74, 6) is -4.22. The molecule has 0 heterocycles. The van der Waals surface area contributed by atoms with Gasteiger partial charge in [-0.1, -0.05) is 12.1 Å². The Hall–Kier alpha value is -2.69. The lowest BCUT2D eigenvalue weighted by molar-refractivity contribution is 0.582. The van der Waals surface area contributed by atoms with Gasteiger partial charge in [-0.15, -0.1) is 0 Å². The lowest BCUT2D eigenvalue weighted by Crippen LogP contribution is -1.95. The first-order chi connectivity index (χ1) is 11.4. The molecule has 3 aromatic rings. The first-order valence-corrected chi connectivity index (χ1v) is 7.08. The Kier molecular flexibility index (Phi) is 4.09. The largest absolute Gasteiger partial charge is 0.207 e. The molecule has 0 saturated carbocycles. The fourth-order valence-corrected chi connectivity index (χ4v) is 2.48. The molecule has 0 N–H and O–H groups in total. The highest BCUT2D eigenvalue weighted by molar-refractivity contribution is 5.72. The van der Waals surface area contributed by atoms with Crippen LogP contribution < -0.4 is 0 Å². The van der Waals surface area contributed by atoms with Gasteiger partial charge in [0.25, 0.3) is 0 Å². The maximum absolute atomic E-state index is 14.4. The summed E-state index contributed by atoms with van der Waals surface area (Å²) in [6.07, 6.45) is 0. The average Bonchev–Trinajstić information content (AvgIpc) is 2.50. The van der Waals surface area contributed by atoms with Gasteiger partial charge in [0.1, 0.15) is 29.1 Å². The molecule has 0 atom stereocenters. The Bertz CT molecular complexity index is 908. The van der Waals surface area contributed by atoms with Gasteiger partial charge in [0, 0.05) is 11.6 Å². The third-order valence-corrected chi connectivity index (χ3v) is 3.74. The van der Waals surface area contributed by atoms with E-state index in [-0.39, 0.29) is 16.7 Å². The summed E-state index contributed by atoms with van der Waals surface area (Å²) in [7, 11) is 0. The zero-order chi connectivity index (χ0) is 17.4. The summed E-state index contributed by atoms with van der Waals surface area (Å²) in [5.41, 5.74) is -0.210. The summed E-state index contributed by atoms with van der Waals surface area (Å²) in [5, 5.41) is 0. The second kappa shape index (κ2) is 6.07. The fourth-order valence-electron chi connectivity index (χ4n) is 2.48. The molecule has 0 radical (unpaired) electrons. The van der Waals surface area contributed by atoms with Crippen LogP contribution in [-0.2, 0) is 0 Å². The summed E-state index contributed by atoms with van der Waals surface area (Å²) in [6.45, 7) is 1.53. The van der Waals surface area contributed by atoms with Crippen molar-refractivity contribution in [3.8, 4) is 22.3 Å². The van der Waals surface area contributed by atoms with Gasteiger partial charge in [-0.2, -0.15) is 0 Å². The molecule has 0 aliphatic heterocycles. The van der Waals surface area contributed by atoms with Crippen LogP contribution in [0.4, 0.5) is 22.0 Å². The van der Waals surface area contributed by atoms with Crippen LogP contribution in [0.15, 0.2) is 48.5 Å². The molecule has 24 heavy (non-hydrogen) atoms.